The number of anilines is 2. The number of aryl methyl sites for hydroxylation is 1. The van der Waals surface area contributed by atoms with Gasteiger partial charge in [0, 0.05) is 30.5 Å². The minimum absolute atomic E-state index is 0.168. The van der Waals surface area contributed by atoms with E-state index in [-0.39, 0.29) is 18.0 Å². The molecule has 0 saturated heterocycles. The molecule has 0 radical (unpaired) electrons. The normalized spacial score (nSPS) is 12.8. The highest BCUT2D eigenvalue weighted by atomic mass is 16.5. The second-order valence-corrected chi connectivity index (χ2v) is 7.68. The third kappa shape index (κ3) is 4.54. The average Bonchev–Trinajstić information content (AvgIpc) is 2.80. The molecule has 8 heteroatoms. The van der Waals surface area contributed by atoms with Crippen LogP contribution in [0.1, 0.15) is 27.2 Å². The number of benzene rings is 2. The fraction of sp³-hybridized carbons (Fsp3) is 0.250. The smallest absolute Gasteiger partial charge is 0.337 e. The van der Waals surface area contributed by atoms with E-state index in [1.165, 1.54) is 28.9 Å². The van der Waals surface area contributed by atoms with Gasteiger partial charge in [-0.3, -0.25) is 14.2 Å². The van der Waals surface area contributed by atoms with E-state index in [1.807, 2.05) is 17.0 Å². The van der Waals surface area contributed by atoms with Crippen molar-refractivity contribution in [2.75, 3.05) is 23.9 Å². The maximum Gasteiger partial charge on any atom is 0.337 e. The van der Waals surface area contributed by atoms with Gasteiger partial charge in [0.2, 0.25) is 11.9 Å². The van der Waals surface area contributed by atoms with E-state index >= 15 is 0 Å². The number of aromatic nitrogens is 2. The lowest BCUT2D eigenvalue weighted by Crippen LogP contribution is -2.38. The van der Waals surface area contributed by atoms with Crippen molar-refractivity contribution in [1.29, 1.82) is 0 Å². The monoisotopic (exact) mass is 432 g/mol. The first-order valence-electron chi connectivity index (χ1n) is 10.3. The van der Waals surface area contributed by atoms with Crippen LogP contribution in [0.4, 0.5) is 11.6 Å². The quantitative estimate of drug-likeness (QED) is 0.623. The van der Waals surface area contributed by atoms with Gasteiger partial charge in [-0.05, 0) is 48.7 Å². The first-order valence-corrected chi connectivity index (χ1v) is 10.3. The SMILES string of the molecule is COC(=O)c1ccc(NC(=O)Cn2c(N3CCc4ccccc4C3)nc(C)cc2=O)cc1. The number of carbonyl (C=O) groups is 2. The summed E-state index contributed by atoms with van der Waals surface area (Å²) in [5.41, 5.74) is 3.72. The summed E-state index contributed by atoms with van der Waals surface area (Å²) in [5.74, 6) is -0.323. The molecule has 8 nitrogen and oxygen atoms in total. The molecular weight excluding hydrogens is 408 g/mol. The second kappa shape index (κ2) is 9.05. The molecule has 4 rings (SSSR count). The third-order valence-corrected chi connectivity index (χ3v) is 5.42. The molecule has 0 aliphatic carbocycles. The first kappa shape index (κ1) is 21.3. The minimum atomic E-state index is -0.451. The lowest BCUT2D eigenvalue weighted by Gasteiger charge is -2.31. The van der Waals surface area contributed by atoms with Gasteiger partial charge < -0.3 is 15.0 Å². The van der Waals surface area contributed by atoms with Crippen molar-refractivity contribution in [3.8, 4) is 0 Å². The van der Waals surface area contributed by atoms with Crippen LogP contribution in [0, 0.1) is 6.92 Å². The first-order chi connectivity index (χ1) is 15.4. The molecule has 0 fully saturated rings. The molecule has 1 aromatic heterocycles. The zero-order valence-corrected chi connectivity index (χ0v) is 18.0. The van der Waals surface area contributed by atoms with Crippen LogP contribution >= 0.6 is 0 Å². The Balaban J connectivity index is 1.54. The number of hydrogen-bond donors (Lipinski definition) is 1. The van der Waals surface area contributed by atoms with Gasteiger partial charge in [-0.15, -0.1) is 0 Å². The number of amides is 1. The molecule has 0 bridgehead atoms. The molecule has 2 aromatic carbocycles. The zero-order valence-electron chi connectivity index (χ0n) is 18.0. The molecule has 0 spiro atoms. The number of rotatable bonds is 5. The van der Waals surface area contributed by atoms with E-state index in [1.54, 1.807) is 31.2 Å². The molecule has 0 unspecified atom stereocenters. The highest BCUT2D eigenvalue weighted by Crippen LogP contribution is 2.23. The Kier molecular flexibility index (Phi) is 6.02. The Morgan fingerprint density at radius 1 is 1.09 bits per heavy atom. The highest BCUT2D eigenvalue weighted by Gasteiger charge is 2.22. The van der Waals surface area contributed by atoms with E-state index in [0.717, 1.165) is 6.42 Å². The van der Waals surface area contributed by atoms with Crippen LogP contribution in [0.3, 0.4) is 0 Å². The van der Waals surface area contributed by atoms with Crippen LogP contribution in [0.5, 0.6) is 0 Å². The third-order valence-electron chi connectivity index (χ3n) is 5.42. The predicted octanol–water partition coefficient (Wildman–Crippen LogP) is 2.54. The molecule has 1 N–H and O–H groups in total. The molecule has 1 amide bonds. The number of hydrogen-bond acceptors (Lipinski definition) is 6. The number of esters is 1. The van der Waals surface area contributed by atoms with Gasteiger partial charge >= 0.3 is 5.97 Å². The van der Waals surface area contributed by atoms with Crippen LogP contribution < -0.4 is 15.8 Å². The van der Waals surface area contributed by atoms with Crippen molar-refractivity contribution in [2.24, 2.45) is 0 Å². The maximum absolute atomic E-state index is 12.8. The Morgan fingerprint density at radius 2 is 1.81 bits per heavy atom. The largest absolute Gasteiger partial charge is 0.465 e. The van der Waals surface area contributed by atoms with Crippen LogP contribution in [-0.2, 0) is 29.0 Å². The summed E-state index contributed by atoms with van der Waals surface area (Å²) in [7, 11) is 1.31. The summed E-state index contributed by atoms with van der Waals surface area (Å²) in [6, 6.07) is 16.0. The summed E-state index contributed by atoms with van der Waals surface area (Å²) in [6.45, 7) is 2.95. The van der Waals surface area contributed by atoms with Crippen molar-refractivity contribution in [3.63, 3.8) is 0 Å². The number of fused-ring (bicyclic) bond motifs is 1. The van der Waals surface area contributed by atoms with Crippen LogP contribution in [0.15, 0.2) is 59.4 Å². The van der Waals surface area contributed by atoms with Gasteiger partial charge in [0.1, 0.15) is 6.54 Å². The standard InChI is InChI=1S/C24H24N4O4/c1-16-13-22(30)28(15-21(29)26-20-9-7-18(8-10-20)23(31)32-2)24(25-16)27-12-11-17-5-3-4-6-19(17)14-27/h3-10,13H,11-12,14-15H2,1-2H3,(H,26,29). The van der Waals surface area contributed by atoms with Gasteiger partial charge in [0.15, 0.2) is 0 Å². The Bertz CT molecular complexity index is 1220. The average molecular weight is 432 g/mol. The topological polar surface area (TPSA) is 93.5 Å². The van der Waals surface area contributed by atoms with Crippen molar-refractivity contribution in [3.05, 3.63) is 87.3 Å². The van der Waals surface area contributed by atoms with Gasteiger partial charge in [0.25, 0.3) is 5.56 Å². The van der Waals surface area contributed by atoms with E-state index < -0.39 is 5.97 Å². The van der Waals surface area contributed by atoms with Gasteiger partial charge in [-0.25, -0.2) is 9.78 Å². The van der Waals surface area contributed by atoms with E-state index in [2.05, 4.69) is 27.2 Å². The summed E-state index contributed by atoms with van der Waals surface area (Å²) >= 11 is 0. The maximum atomic E-state index is 12.8. The van der Waals surface area contributed by atoms with Crippen molar-refractivity contribution < 1.29 is 14.3 Å². The minimum Gasteiger partial charge on any atom is -0.465 e. The lowest BCUT2D eigenvalue weighted by atomic mass is 10.0. The van der Waals surface area contributed by atoms with E-state index in [0.29, 0.717) is 36.0 Å². The molecule has 3 aromatic rings. The fourth-order valence-electron chi connectivity index (χ4n) is 3.81. The predicted molar refractivity (Wildman–Crippen MR) is 121 cm³/mol. The van der Waals surface area contributed by atoms with Crippen molar-refractivity contribution in [1.82, 2.24) is 9.55 Å². The molecule has 0 saturated carbocycles. The lowest BCUT2D eigenvalue weighted by molar-refractivity contribution is -0.116. The molecule has 0 atom stereocenters. The number of methoxy groups -OCH3 is 1. The zero-order chi connectivity index (χ0) is 22.7. The molecule has 1 aliphatic heterocycles. The van der Waals surface area contributed by atoms with Gasteiger partial charge in [-0.1, -0.05) is 24.3 Å². The van der Waals surface area contributed by atoms with Gasteiger partial charge in [0.05, 0.1) is 12.7 Å². The number of carbonyl (C=O) groups excluding carboxylic acids is 2. The second-order valence-electron chi connectivity index (χ2n) is 7.68. The van der Waals surface area contributed by atoms with Crippen LogP contribution in [0.2, 0.25) is 0 Å². The van der Waals surface area contributed by atoms with Crippen LogP contribution in [0.25, 0.3) is 0 Å². The van der Waals surface area contributed by atoms with Crippen LogP contribution in [-0.4, -0.2) is 35.1 Å². The summed E-state index contributed by atoms with van der Waals surface area (Å²) in [6.07, 6.45) is 0.846. The summed E-state index contributed by atoms with van der Waals surface area (Å²) in [5, 5.41) is 2.77. The van der Waals surface area contributed by atoms with E-state index in [4.69, 9.17) is 0 Å². The fourth-order valence-corrected chi connectivity index (χ4v) is 3.81. The Hall–Kier alpha value is -3.94. The number of nitrogens with zero attached hydrogens (tertiary/aromatic N) is 3. The van der Waals surface area contributed by atoms with Gasteiger partial charge in [-0.2, -0.15) is 0 Å². The molecule has 2 heterocycles. The molecule has 164 valence electrons. The van der Waals surface area contributed by atoms with E-state index in [9.17, 15) is 14.4 Å². The molecule has 1 aliphatic rings. The summed E-state index contributed by atoms with van der Waals surface area (Å²) in [4.78, 5) is 43.7. The Labute approximate surface area is 185 Å². The molecule has 32 heavy (non-hydrogen) atoms. The molecular formula is C24H24N4O4. The number of nitrogens with one attached hydrogen (secondary N) is 1. The Morgan fingerprint density at radius 3 is 2.53 bits per heavy atom. The highest BCUT2D eigenvalue weighted by molar-refractivity contribution is 5.93. The number of ether oxygens (including phenoxy) is 1. The van der Waals surface area contributed by atoms with Crippen molar-refractivity contribution >= 4 is 23.5 Å². The summed E-state index contributed by atoms with van der Waals surface area (Å²) < 4.78 is 6.08. The van der Waals surface area contributed by atoms with Crippen molar-refractivity contribution in [2.45, 2.75) is 26.4 Å².